The molecular formula is C12H12FN5O2. The molecule has 0 saturated carbocycles. The van der Waals surface area contributed by atoms with Gasteiger partial charge in [-0.25, -0.2) is 9.37 Å². The summed E-state index contributed by atoms with van der Waals surface area (Å²) < 4.78 is 13.9. The minimum Gasteiger partial charge on any atom is -0.368 e. The summed E-state index contributed by atoms with van der Waals surface area (Å²) in [4.78, 5) is 19.3. The normalized spacial score (nSPS) is 10.3. The van der Waals surface area contributed by atoms with Crippen LogP contribution in [0.15, 0.2) is 30.5 Å². The maximum absolute atomic E-state index is 13.9. The highest BCUT2D eigenvalue weighted by Crippen LogP contribution is 2.32. The van der Waals surface area contributed by atoms with Crippen molar-refractivity contribution in [3.63, 3.8) is 0 Å². The lowest BCUT2D eigenvalue weighted by molar-refractivity contribution is -0.384. The second kappa shape index (κ2) is 5.47. The van der Waals surface area contributed by atoms with Crippen LogP contribution in [0.4, 0.5) is 27.5 Å². The monoisotopic (exact) mass is 277 g/mol. The molecule has 0 fully saturated rings. The van der Waals surface area contributed by atoms with E-state index in [1.807, 2.05) is 0 Å². The van der Waals surface area contributed by atoms with Crippen molar-refractivity contribution < 1.29 is 9.31 Å². The Balaban J connectivity index is 2.60. The van der Waals surface area contributed by atoms with Gasteiger partial charge in [0.15, 0.2) is 0 Å². The van der Waals surface area contributed by atoms with E-state index in [4.69, 9.17) is 5.73 Å². The predicted molar refractivity (Wildman–Crippen MR) is 72.2 cm³/mol. The fraction of sp³-hybridized carbons (Fsp3) is 0.167. The molecule has 0 bridgehead atoms. The number of rotatable bonds is 4. The van der Waals surface area contributed by atoms with E-state index in [2.05, 4.69) is 9.97 Å². The van der Waals surface area contributed by atoms with E-state index in [-0.39, 0.29) is 29.7 Å². The molecule has 0 aliphatic rings. The van der Waals surface area contributed by atoms with E-state index in [9.17, 15) is 14.5 Å². The van der Waals surface area contributed by atoms with Gasteiger partial charge in [-0.1, -0.05) is 12.1 Å². The fourth-order valence-corrected chi connectivity index (χ4v) is 1.81. The molecule has 0 aliphatic carbocycles. The average Bonchev–Trinajstić information content (AvgIpc) is 2.41. The van der Waals surface area contributed by atoms with Crippen LogP contribution in [0.3, 0.4) is 0 Å². The van der Waals surface area contributed by atoms with Gasteiger partial charge in [0, 0.05) is 6.54 Å². The zero-order valence-electron chi connectivity index (χ0n) is 10.7. The van der Waals surface area contributed by atoms with Crippen LogP contribution in [0.25, 0.3) is 0 Å². The molecule has 0 aliphatic heterocycles. The summed E-state index contributed by atoms with van der Waals surface area (Å²) in [5, 5.41) is 11.0. The highest BCUT2D eigenvalue weighted by atomic mass is 19.1. The number of para-hydroxylation sites is 1. The van der Waals surface area contributed by atoms with Gasteiger partial charge < -0.3 is 10.6 Å². The SMILES string of the molecule is CCN(c1ccccc1F)c1nc(N)ncc1[N+](=O)[O-]. The summed E-state index contributed by atoms with van der Waals surface area (Å²) in [6.45, 7) is 2.02. The van der Waals surface area contributed by atoms with Gasteiger partial charge >= 0.3 is 5.69 Å². The Labute approximate surface area is 114 Å². The second-order valence-electron chi connectivity index (χ2n) is 3.89. The number of hydrogen-bond acceptors (Lipinski definition) is 6. The Kier molecular flexibility index (Phi) is 3.74. The topological polar surface area (TPSA) is 98.2 Å². The van der Waals surface area contributed by atoms with Crippen molar-refractivity contribution in [2.75, 3.05) is 17.2 Å². The molecule has 0 atom stereocenters. The van der Waals surface area contributed by atoms with Gasteiger partial charge in [-0.2, -0.15) is 4.98 Å². The van der Waals surface area contributed by atoms with E-state index in [1.165, 1.54) is 23.1 Å². The largest absolute Gasteiger partial charge is 0.368 e. The van der Waals surface area contributed by atoms with Gasteiger partial charge in [0.25, 0.3) is 0 Å². The van der Waals surface area contributed by atoms with Crippen molar-refractivity contribution >= 4 is 23.1 Å². The number of aromatic nitrogens is 2. The molecule has 0 radical (unpaired) electrons. The number of nitro groups is 1. The van der Waals surface area contributed by atoms with Crippen molar-refractivity contribution in [1.29, 1.82) is 0 Å². The lowest BCUT2D eigenvalue weighted by atomic mass is 10.2. The Morgan fingerprint density at radius 2 is 2.15 bits per heavy atom. The first kappa shape index (κ1) is 13.7. The summed E-state index contributed by atoms with van der Waals surface area (Å²) in [7, 11) is 0. The van der Waals surface area contributed by atoms with Crippen molar-refractivity contribution in [1.82, 2.24) is 9.97 Å². The minimum absolute atomic E-state index is 0.0323. The highest BCUT2D eigenvalue weighted by Gasteiger charge is 2.24. The molecule has 104 valence electrons. The first-order valence-electron chi connectivity index (χ1n) is 5.83. The molecular weight excluding hydrogens is 265 g/mol. The summed E-state index contributed by atoms with van der Waals surface area (Å²) in [5.41, 5.74) is 5.33. The van der Waals surface area contributed by atoms with Crippen LogP contribution in [-0.4, -0.2) is 21.4 Å². The summed E-state index contributed by atoms with van der Waals surface area (Å²) in [6.07, 6.45) is 1.02. The summed E-state index contributed by atoms with van der Waals surface area (Å²) in [5.74, 6) is -0.642. The third-order valence-corrected chi connectivity index (χ3v) is 2.68. The molecule has 2 N–H and O–H groups in total. The number of halogens is 1. The predicted octanol–water partition coefficient (Wildman–Crippen LogP) is 2.26. The lowest BCUT2D eigenvalue weighted by Crippen LogP contribution is -2.20. The van der Waals surface area contributed by atoms with Gasteiger partial charge in [0.1, 0.15) is 12.0 Å². The molecule has 2 rings (SSSR count). The maximum atomic E-state index is 13.9. The van der Waals surface area contributed by atoms with Crippen LogP contribution in [0.5, 0.6) is 0 Å². The zero-order valence-corrected chi connectivity index (χ0v) is 10.7. The minimum atomic E-state index is -0.627. The van der Waals surface area contributed by atoms with E-state index >= 15 is 0 Å². The van der Waals surface area contributed by atoms with Crippen LogP contribution in [-0.2, 0) is 0 Å². The number of benzene rings is 1. The summed E-state index contributed by atoms with van der Waals surface area (Å²) in [6, 6.07) is 5.96. The Bertz CT molecular complexity index is 649. The van der Waals surface area contributed by atoms with Crippen LogP contribution >= 0.6 is 0 Å². The Morgan fingerprint density at radius 1 is 1.45 bits per heavy atom. The van der Waals surface area contributed by atoms with Crippen LogP contribution < -0.4 is 10.6 Å². The van der Waals surface area contributed by atoms with E-state index in [1.54, 1.807) is 13.0 Å². The summed E-state index contributed by atoms with van der Waals surface area (Å²) >= 11 is 0. The number of nitrogens with two attached hydrogens (primary N) is 1. The molecule has 1 aromatic carbocycles. The van der Waals surface area contributed by atoms with Crippen molar-refractivity contribution in [2.45, 2.75) is 6.92 Å². The third-order valence-electron chi connectivity index (χ3n) is 2.68. The molecule has 0 amide bonds. The van der Waals surface area contributed by atoms with E-state index in [0.717, 1.165) is 6.20 Å². The molecule has 1 aromatic heterocycles. The van der Waals surface area contributed by atoms with Crippen molar-refractivity contribution in [3.05, 3.63) is 46.4 Å². The highest BCUT2D eigenvalue weighted by molar-refractivity contribution is 5.68. The van der Waals surface area contributed by atoms with Crippen LogP contribution in [0, 0.1) is 15.9 Å². The molecule has 7 nitrogen and oxygen atoms in total. The third kappa shape index (κ3) is 2.48. The number of nitrogens with zero attached hydrogens (tertiary/aromatic N) is 4. The molecule has 0 spiro atoms. The lowest BCUT2D eigenvalue weighted by Gasteiger charge is -2.22. The molecule has 1 heterocycles. The van der Waals surface area contributed by atoms with E-state index < -0.39 is 10.7 Å². The van der Waals surface area contributed by atoms with E-state index in [0.29, 0.717) is 0 Å². The number of nitrogen functional groups attached to an aromatic ring is 1. The quantitative estimate of drug-likeness (QED) is 0.680. The van der Waals surface area contributed by atoms with Gasteiger partial charge in [-0.3, -0.25) is 10.1 Å². The molecule has 20 heavy (non-hydrogen) atoms. The average molecular weight is 277 g/mol. The zero-order chi connectivity index (χ0) is 14.7. The van der Waals surface area contributed by atoms with Crippen LogP contribution in [0.2, 0.25) is 0 Å². The van der Waals surface area contributed by atoms with Gasteiger partial charge in [0.2, 0.25) is 11.8 Å². The van der Waals surface area contributed by atoms with Gasteiger partial charge in [-0.15, -0.1) is 0 Å². The van der Waals surface area contributed by atoms with Gasteiger partial charge in [0.05, 0.1) is 10.6 Å². The fourth-order valence-electron chi connectivity index (χ4n) is 1.81. The number of anilines is 3. The Morgan fingerprint density at radius 3 is 2.75 bits per heavy atom. The Hall–Kier alpha value is -2.77. The maximum Gasteiger partial charge on any atom is 0.330 e. The van der Waals surface area contributed by atoms with Crippen molar-refractivity contribution in [2.24, 2.45) is 0 Å². The smallest absolute Gasteiger partial charge is 0.330 e. The molecule has 2 aromatic rings. The van der Waals surface area contributed by atoms with Crippen LogP contribution in [0.1, 0.15) is 6.92 Å². The first-order chi connectivity index (χ1) is 9.54. The molecule has 0 unspecified atom stereocenters. The number of hydrogen-bond donors (Lipinski definition) is 1. The standard InChI is InChI=1S/C12H12FN5O2/c1-2-17(9-6-4-3-5-8(9)13)11-10(18(19)20)7-15-12(14)16-11/h3-7H,2H2,1H3,(H2,14,15,16). The molecule has 0 saturated heterocycles. The second-order valence-corrected chi connectivity index (χ2v) is 3.89. The molecule has 8 heteroatoms. The van der Waals surface area contributed by atoms with Crippen molar-refractivity contribution in [3.8, 4) is 0 Å². The first-order valence-corrected chi connectivity index (χ1v) is 5.83. The van der Waals surface area contributed by atoms with Gasteiger partial charge in [-0.05, 0) is 19.1 Å².